The molecule has 4 rings (SSSR count). The molecule has 4 aromatic rings. The molecule has 0 saturated carbocycles. The molecule has 3 N–H and O–H groups in total. The minimum Gasteiger partial charge on any atom is -0.399 e. The molecule has 0 spiro atoms. The third-order valence-electron chi connectivity index (χ3n) is 4.19. The van der Waals surface area contributed by atoms with Gasteiger partial charge in [0.05, 0.1) is 11.4 Å². The third kappa shape index (κ3) is 3.91. The van der Waals surface area contributed by atoms with Crippen molar-refractivity contribution in [1.82, 2.24) is 0 Å². The van der Waals surface area contributed by atoms with Gasteiger partial charge in [0.25, 0.3) is 0 Å². The Morgan fingerprint density at radius 3 is 2.15 bits per heavy atom. The largest absolute Gasteiger partial charge is 0.399 e. The number of azo groups is 1. The molecule has 0 unspecified atom stereocenters. The Hall–Kier alpha value is -3.37. The van der Waals surface area contributed by atoms with Crippen molar-refractivity contribution in [2.75, 3.05) is 11.1 Å². The average Bonchev–Trinajstić information content (AvgIpc) is 2.70. The second-order valence-corrected chi connectivity index (χ2v) is 6.54. The SMILES string of the molecule is Nc1ccc(Nc2ccc(N=Nc3ccc(Cl)cc3)c3ccccc23)cc1. The van der Waals surface area contributed by atoms with E-state index in [2.05, 4.69) is 21.6 Å². The van der Waals surface area contributed by atoms with E-state index >= 15 is 0 Å². The summed E-state index contributed by atoms with van der Waals surface area (Å²) in [6, 6.07) is 27.0. The van der Waals surface area contributed by atoms with Crippen molar-refractivity contribution < 1.29 is 0 Å². The number of nitrogen functional groups attached to an aromatic ring is 1. The Kier molecular flexibility index (Phi) is 4.73. The fraction of sp³-hybridized carbons (Fsp3) is 0. The molecular formula is C22H17ClN4. The van der Waals surface area contributed by atoms with Crippen LogP contribution in [0.1, 0.15) is 0 Å². The number of hydrogen-bond donors (Lipinski definition) is 2. The Morgan fingerprint density at radius 1 is 0.704 bits per heavy atom. The molecule has 4 nitrogen and oxygen atoms in total. The maximum absolute atomic E-state index is 5.91. The number of anilines is 3. The van der Waals surface area contributed by atoms with E-state index in [1.165, 1.54) is 0 Å². The second kappa shape index (κ2) is 7.48. The Labute approximate surface area is 162 Å². The van der Waals surface area contributed by atoms with E-state index in [-0.39, 0.29) is 0 Å². The number of nitrogens with one attached hydrogen (secondary N) is 1. The molecule has 0 bridgehead atoms. The van der Waals surface area contributed by atoms with Crippen molar-refractivity contribution in [3.8, 4) is 0 Å². The predicted molar refractivity (Wildman–Crippen MR) is 114 cm³/mol. The summed E-state index contributed by atoms with van der Waals surface area (Å²) < 4.78 is 0. The molecule has 0 atom stereocenters. The zero-order valence-corrected chi connectivity index (χ0v) is 15.2. The lowest BCUT2D eigenvalue weighted by atomic mass is 10.1. The summed E-state index contributed by atoms with van der Waals surface area (Å²) in [5, 5.41) is 15.0. The van der Waals surface area contributed by atoms with Gasteiger partial charge in [-0.1, -0.05) is 35.9 Å². The molecule has 4 aromatic carbocycles. The van der Waals surface area contributed by atoms with Gasteiger partial charge >= 0.3 is 0 Å². The minimum atomic E-state index is 0.678. The van der Waals surface area contributed by atoms with Gasteiger partial charge in [0.15, 0.2) is 0 Å². The van der Waals surface area contributed by atoms with E-state index in [0.29, 0.717) is 5.02 Å². The fourth-order valence-electron chi connectivity index (χ4n) is 2.82. The van der Waals surface area contributed by atoms with E-state index in [1.807, 2.05) is 66.7 Å². The minimum absolute atomic E-state index is 0.678. The molecule has 0 aromatic heterocycles. The average molecular weight is 373 g/mol. The molecule has 132 valence electrons. The van der Waals surface area contributed by atoms with Gasteiger partial charge in [0.1, 0.15) is 0 Å². The van der Waals surface area contributed by atoms with E-state index < -0.39 is 0 Å². The number of hydrogen-bond acceptors (Lipinski definition) is 4. The predicted octanol–water partition coefficient (Wildman–Crippen LogP) is 7.23. The number of halogens is 1. The van der Waals surface area contributed by atoms with Crippen LogP contribution in [-0.4, -0.2) is 0 Å². The van der Waals surface area contributed by atoms with Crippen molar-refractivity contribution in [3.05, 3.63) is 90.0 Å². The molecule has 0 aliphatic heterocycles. The lowest BCUT2D eigenvalue weighted by Crippen LogP contribution is -1.92. The van der Waals surface area contributed by atoms with Gasteiger partial charge in [-0.15, -0.1) is 5.11 Å². The van der Waals surface area contributed by atoms with E-state index in [0.717, 1.165) is 39.2 Å². The van der Waals surface area contributed by atoms with Crippen LogP contribution in [0.3, 0.4) is 0 Å². The third-order valence-corrected chi connectivity index (χ3v) is 4.44. The van der Waals surface area contributed by atoms with Crippen LogP contribution in [-0.2, 0) is 0 Å². The smallest absolute Gasteiger partial charge is 0.0936 e. The highest BCUT2D eigenvalue weighted by atomic mass is 35.5. The standard InChI is InChI=1S/C22H17ClN4/c23-15-5-9-18(10-6-15)26-27-22-14-13-21(19-3-1-2-4-20(19)22)25-17-11-7-16(24)8-12-17/h1-14,25H,24H2. The van der Waals surface area contributed by atoms with Crippen molar-refractivity contribution in [1.29, 1.82) is 0 Å². The summed E-state index contributed by atoms with van der Waals surface area (Å²) in [4.78, 5) is 0. The van der Waals surface area contributed by atoms with Gasteiger partial charge in [-0.05, 0) is 60.7 Å². The molecule has 27 heavy (non-hydrogen) atoms. The Morgan fingerprint density at radius 2 is 1.41 bits per heavy atom. The summed E-state index contributed by atoms with van der Waals surface area (Å²) >= 11 is 5.91. The Bertz CT molecular complexity index is 1100. The zero-order valence-electron chi connectivity index (χ0n) is 14.4. The van der Waals surface area contributed by atoms with Gasteiger partial charge < -0.3 is 11.1 Å². The number of benzene rings is 4. The summed E-state index contributed by atoms with van der Waals surface area (Å²) in [6.45, 7) is 0. The zero-order chi connectivity index (χ0) is 18.6. The quantitative estimate of drug-likeness (QED) is 0.293. The highest BCUT2D eigenvalue weighted by Gasteiger charge is 2.06. The van der Waals surface area contributed by atoms with E-state index in [9.17, 15) is 0 Å². The molecule has 0 heterocycles. The van der Waals surface area contributed by atoms with Gasteiger partial charge in [0.2, 0.25) is 0 Å². The molecule has 0 radical (unpaired) electrons. The van der Waals surface area contributed by atoms with Crippen LogP contribution < -0.4 is 11.1 Å². The highest BCUT2D eigenvalue weighted by Crippen LogP contribution is 2.34. The summed E-state index contributed by atoms with van der Waals surface area (Å²) in [5.41, 5.74) is 10.0. The number of nitrogens with two attached hydrogens (primary N) is 1. The van der Waals surface area contributed by atoms with Crippen molar-refractivity contribution in [2.24, 2.45) is 10.2 Å². The fourth-order valence-corrected chi connectivity index (χ4v) is 2.95. The van der Waals surface area contributed by atoms with Crippen LogP contribution in [0.4, 0.5) is 28.4 Å². The lowest BCUT2D eigenvalue weighted by Gasteiger charge is -2.11. The molecule has 0 aliphatic rings. The van der Waals surface area contributed by atoms with Crippen LogP contribution in [0.2, 0.25) is 5.02 Å². The first-order valence-electron chi connectivity index (χ1n) is 8.51. The maximum atomic E-state index is 5.91. The second-order valence-electron chi connectivity index (χ2n) is 6.10. The number of fused-ring (bicyclic) bond motifs is 1. The summed E-state index contributed by atoms with van der Waals surface area (Å²) in [5.74, 6) is 0. The normalized spacial score (nSPS) is 11.1. The molecule has 0 aliphatic carbocycles. The molecular weight excluding hydrogens is 356 g/mol. The number of rotatable bonds is 4. The first-order chi connectivity index (χ1) is 13.2. The number of nitrogens with zero attached hydrogens (tertiary/aromatic N) is 2. The van der Waals surface area contributed by atoms with E-state index in [1.54, 1.807) is 12.1 Å². The first-order valence-corrected chi connectivity index (χ1v) is 8.88. The first kappa shape index (κ1) is 17.1. The van der Waals surface area contributed by atoms with Crippen LogP contribution in [0.5, 0.6) is 0 Å². The van der Waals surface area contributed by atoms with Crippen LogP contribution in [0, 0.1) is 0 Å². The topological polar surface area (TPSA) is 62.8 Å². The van der Waals surface area contributed by atoms with Crippen LogP contribution >= 0.6 is 11.6 Å². The van der Waals surface area contributed by atoms with Gasteiger partial charge in [0, 0.05) is 32.9 Å². The lowest BCUT2D eigenvalue weighted by molar-refractivity contribution is 1.24. The molecule has 0 fully saturated rings. The van der Waals surface area contributed by atoms with Crippen LogP contribution in [0.15, 0.2) is 95.2 Å². The maximum Gasteiger partial charge on any atom is 0.0936 e. The summed E-state index contributed by atoms with van der Waals surface area (Å²) in [7, 11) is 0. The van der Waals surface area contributed by atoms with Gasteiger partial charge in [-0.25, -0.2) is 0 Å². The monoisotopic (exact) mass is 372 g/mol. The highest BCUT2D eigenvalue weighted by molar-refractivity contribution is 6.30. The van der Waals surface area contributed by atoms with Crippen molar-refractivity contribution in [2.45, 2.75) is 0 Å². The Balaban J connectivity index is 1.69. The molecule has 5 heteroatoms. The van der Waals surface area contributed by atoms with Gasteiger partial charge in [-0.2, -0.15) is 5.11 Å². The molecule has 0 saturated heterocycles. The summed E-state index contributed by atoms with van der Waals surface area (Å²) in [6.07, 6.45) is 0. The van der Waals surface area contributed by atoms with Crippen molar-refractivity contribution in [3.63, 3.8) is 0 Å². The van der Waals surface area contributed by atoms with E-state index in [4.69, 9.17) is 17.3 Å². The molecule has 0 amide bonds. The van der Waals surface area contributed by atoms with Crippen LogP contribution in [0.25, 0.3) is 10.8 Å². The van der Waals surface area contributed by atoms with Gasteiger partial charge in [-0.3, -0.25) is 0 Å². The van der Waals surface area contributed by atoms with Crippen molar-refractivity contribution >= 4 is 50.8 Å².